The van der Waals surface area contributed by atoms with Gasteiger partial charge < -0.3 is 10.5 Å². The van der Waals surface area contributed by atoms with E-state index >= 15 is 0 Å². The summed E-state index contributed by atoms with van der Waals surface area (Å²) >= 11 is 0. The van der Waals surface area contributed by atoms with Gasteiger partial charge in [-0.05, 0) is 40.2 Å². The van der Waals surface area contributed by atoms with Crippen LogP contribution in [0.1, 0.15) is 49.9 Å². The number of hydrogen-bond acceptors (Lipinski definition) is 2. The molecule has 0 heterocycles. The summed E-state index contributed by atoms with van der Waals surface area (Å²) in [4.78, 5) is 0. The minimum Gasteiger partial charge on any atom is -0.489 e. The Labute approximate surface area is 134 Å². The van der Waals surface area contributed by atoms with E-state index in [1.165, 1.54) is 11.1 Å². The van der Waals surface area contributed by atoms with E-state index in [4.69, 9.17) is 10.5 Å². The van der Waals surface area contributed by atoms with Crippen LogP contribution in [0.2, 0.25) is 0 Å². The Hall–Kier alpha value is -1.80. The van der Waals surface area contributed by atoms with Crippen LogP contribution in [-0.4, -0.2) is 0 Å². The molecule has 22 heavy (non-hydrogen) atoms. The SMILES string of the molecule is CCc1ccc(OCc2ccc(CN)cc2)c(C(C)(C)C)c1. The van der Waals surface area contributed by atoms with Gasteiger partial charge in [-0.25, -0.2) is 0 Å². The molecule has 2 nitrogen and oxygen atoms in total. The lowest BCUT2D eigenvalue weighted by atomic mass is 9.85. The predicted molar refractivity (Wildman–Crippen MR) is 93.2 cm³/mol. The molecule has 0 aromatic heterocycles. The average Bonchev–Trinajstić information content (AvgIpc) is 2.52. The van der Waals surface area contributed by atoms with E-state index in [1.807, 2.05) is 0 Å². The van der Waals surface area contributed by atoms with E-state index in [9.17, 15) is 0 Å². The first kappa shape index (κ1) is 16.6. The second-order valence-corrected chi connectivity index (χ2v) is 6.74. The third-order valence-corrected chi connectivity index (χ3v) is 3.91. The first-order chi connectivity index (χ1) is 10.4. The van der Waals surface area contributed by atoms with E-state index in [2.05, 4.69) is 70.2 Å². The quantitative estimate of drug-likeness (QED) is 0.876. The molecule has 0 aliphatic rings. The molecular weight excluding hydrogens is 270 g/mol. The maximum Gasteiger partial charge on any atom is 0.123 e. The van der Waals surface area contributed by atoms with Gasteiger partial charge in [0.25, 0.3) is 0 Å². The van der Waals surface area contributed by atoms with E-state index < -0.39 is 0 Å². The van der Waals surface area contributed by atoms with Crippen LogP contribution in [0.3, 0.4) is 0 Å². The summed E-state index contributed by atoms with van der Waals surface area (Å²) in [7, 11) is 0. The van der Waals surface area contributed by atoms with Crippen molar-refractivity contribution in [2.45, 2.75) is 52.7 Å². The van der Waals surface area contributed by atoms with Crippen molar-refractivity contribution in [2.24, 2.45) is 5.73 Å². The lowest BCUT2D eigenvalue weighted by Gasteiger charge is -2.23. The third kappa shape index (κ3) is 4.11. The Balaban J connectivity index is 2.17. The van der Waals surface area contributed by atoms with Crippen LogP contribution >= 0.6 is 0 Å². The standard InChI is InChI=1S/C20H27NO/c1-5-15-10-11-19(18(12-15)20(2,3)4)22-14-17-8-6-16(13-21)7-9-17/h6-12H,5,13-14,21H2,1-4H3. The highest BCUT2D eigenvalue weighted by Gasteiger charge is 2.19. The number of benzene rings is 2. The first-order valence-corrected chi connectivity index (χ1v) is 7.98. The second-order valence-electron chi connectivity index (χ2n) is 6.74. The van der Waals surface area contributed by atoms with Crippen LogP contribution in [-0.2, 0) is 25.0 Å². The molecule has 0 saturated carbocycles. The van der Waals surface area contributed by atoms with Crippen molar-refractivity contribution < 1.29 is 4.74 Å². The summed E-state index contributed by atoms with van der Waals surface area (Å²) < 4.78 is 6.09. The highest BCUT2D eigenvalue weighted by atomic mass is 16.5. The summed E-state index contributed by atoms with van der Waals surface area (Å²) in [5.41, 5.74) is 10.6. The molecular formula is C20H27NO. The van der Waals surface area contributed by atoms with Crippen LogP contribution in [0.4, 0.5) is 0 Å². The fraction of sp³-hybridized carbons (Fsp3) is 0.400. The van der Waals surface area contributed by atoms with Crippen molar-refractivity contribution in [3.8, 4) is 5.75 Å². The van der Waals surface area contributed by atoms with Crippen LogP contribution in [0.5, 0.6) is 5.75 Å². The van der Waals surface area contributed by atoms with Gasteiger partial charge in [-0.2, -0.15) is 0 Å². The zero-order valence-electron chi connectivity index (χ0n) is 14.1. The number of hydrogen-bond donors (Lipinski definition) is 1. The van der Waals surface area contributed by atoms with Crippen LogP contribution in [0, 0.1) is 0 Å². The molecule has 2 rings (SSSR count). The zero-order chi connectivity index (χ0) is 16.2. The van der Waals surface area contributed by atoms with Crippen LogP contribution in [0.25, 0.3) is 0 Å². The molecule has 118 valence electrons. The Bertz CT molecular complexity index is 609. The Morgan fingerprint density at radius 3 is 2.05 bits per heavy atom. The summed E-state index contributed by atoms with van der Waals surface area (Å²) in [5.74, 6) is 0.979. The molecule has 2 heteroatoms. The highest BCUT2D eigenvalue weighted by molar-refractivity contribution is 5.42. The minimum absolute atomic E-state index is 0.0733. The average molecular weight is 297 g/mol. The van der Waals surface area contributed by atoms with Gasteiger partial charge in [0.05, 0.1) is 0 Å². The second kappa shape index (κ2) is 6.97. The van der Waals surface area contributed by atoms with Gasteiger partial charge in [-0.15, -0.1) is 0 Å². The molecule has 2 aromatic carbocycles. The molecule has 0 radical (unpaired) electrons. The van der Waals surface area contributed by atoms with Crippen LogP contribution in [0.15, 0.2) is 42.5 Å². The van der Waals surface area contributed by atoms with E-state index in [1.54, 1.807) is 0 Å². The van der Waals surface area contributed by atoms with Crippen molar-refractivity contribution in [1.82, 2.24) is 0 Å². The highest BCUT2D eigenvalue weighted by Crippen LogP contribution is 2.32. The van der Waals surface area contributed by atoms with Gasteiger partial charge >= 0.3 is 0 Å². The molecule has 0 unspecified atom stereocenters. The van der Waals surface area contributed by atoms with Crippen molar-refractivity contribution in [2.75, 3.05) is 0 Å². The summed E-state index contributed by atoms with van der Waals surface area (Å²) in [6, 6.07) is 14.8. The molecule has 0 atom stereocenters. The van der Waals surface area contributed by atoms with E-state index in [-0.39, 0.29) is 5.41 Å². The lowest BCUT2D eigenvalue weighted by Crippen LogP contribution is -2.14. The molecule has 0 bridgehead atoms. The minimum atomic E-state index is 0.0733. The van der Waals surface area contributed by atoms with Gasteiger partial charge in [0, 0.05) is 6.54 Å². The number of rotatable bonds is 5. The van der Waals surface area contributed by atoms with Gasteiger partial charge in [-0.3, -0.25) is 0 Å². The fourth-order valence-electron chi connectivity index (χ4n) is 2.44. The van der Waals surface area contributed by atoms with Crippen molar-refractivity contribution in [3.05, 3.63) is 64.7 Å². The number of nitrogens with two attached hydrogens (primary N) is 1. The summed E-state index contributed by atoms with van der Waals surface area (Å²) in [6.45, 7) is 10.0. The molecule has 0 fully saturated rings. The van der Waals surface area contributed by atoms with Gasteiger partial charge in [0.15, 0.2) is 0 Å². The number of aryl methyl sites for hydroxylation is 1. The maximum atomic E-state index is 6.09. The Morgan fingerprint density at radius 2 is 1.50 bits per heavy atom. The molecule has 2 aromatic rings. The topological polar surface area (TPSA) is 35.2 Å². The predicted octanol–water partition coefficient (Wildman–Crippen LogP) is 4.58. The molecule has 2 N–H and O–H groups in total. The largest absolute Gasteiger partial charge is 0.489 e. The summed E-state index contributed by atoms with van der Waals surface area (Å²) in [5, 5.41) is 0. The van der Waals surface area contributed by atoms with Gasteiger partial charge in [0.1, 0.15) is 12.4 Å². The van der Waals surface area contributed by atoms with Crippen LogP contribution < -0.4 is 10.5 Å². The Morgan fingerprint density at radius 1 is 0.909 bits per heavy atom. The normalized spacial score (nSPS) is 11.5. The van der Waals surface area contributed by atoms with E-state index in [0.29, 0.717) is 13.2 Å². The van der Waals surface area contributed by atoms with Gasteiger partial charge in [0.2, 0.25) is 0 Å². The van der Waals surface area contributed by atoms with Gasteiger partial charge in [-0.1, -0.05) is 64.1 Å². The maximum absolute atomic E-state index is 6.09. The van der Waals surface area contributed by atoms with Crippen molar-refractivity contribution in [3.63, 3.8) is 0 Å². The molecule has 0 saturated heterocycles. The van der Waals surface area contributed by atoms with Crippen molar-refractivity contribution in [1.29, 1.82) is 0 Å². The third-order valence-electron chi connectivity index (χ3n) is 3.91. The number of ether oxygens (including phenoxy) is 1. The fourth-order valence-corrected chi connectivity index (χ4v) is 2.44. The molecule has 0 amide bonds. The lowest BCUT2D eigenvalue weighted by molar-refractivity contribution is 0.297. The first-order valence-electron chi connectivity index (χ1n) is 7.98. The zero-order valence-corrected chi connectivity index (χ0v) is 14.1. The monoisotopic (exact) mass is 297 g/mol. The van der Waals surface area contributed by atoms with E-state index in [0.717, 1.165) is 23.3 Å². The van der Waals surface area contributed by atoms with Crippen molar-refractivity contribution >= 4 is 0 Å². The molecule has 0 aliphatic heterocycles. The Kier molecular flexibility index (Phi) is 5.25. The summed E-state index contributed by atoms with van der Waals surface area (Å²) in [6.07, 6.45) is 1.05. The molecule has 0 aliphatic carbocycles. The smallest absolute Gasteiger partial charge is 0.123 e. The molecule has 0 spiro atoms.